The molecule has 2 aromatic carbocycles. The van der Waals surface area contributed by atoms with E-state index < -0.39 is 21.4 Å². The van der Waals surface area contributed by atoms with Crippen LogP contribution in [0.4, 0.5) is 0 Å². The van der Waals surface area contributed by atoms with Crippen molar-refractivity contribution >= 4 is 32.2 Å². The summed E-state index contributed by atoms with van der Waals surface area (Å²) in [5.74, 6) is -1.18. The first-order chi connectivity index (χ1) is 12.1. The van der Waals surface area contributed by atoms with E-state index >= 15 is 0 Å². The van der Waals surface area contributed by atoms with Crippen molar-refractivity contribution < 1.29 is 18.0 Å². The first-order valence-electron chi connectivity index (χ1n) is 8.49. The van der Waals surface area contributed by atoms with Gasteiger partial charge in [-0.1, -0.05) is 0 Å². The number of sulfone groups is 1. The average Bonchev–Trinajstić information content (AvgIpc) is 2.60. The summed E-state index contributed by atoms with van der Waals surface area (Å²) < 4.78 is 24.8. The van der Waals surface area contributed by atoms with Crippen LogP contribution in [0.1, 0.15) is 43.0 Å². The predicted molar refractivity (Wildman–Crippen MR) is 100 cm³/mol. The maximum atomic E-state index is 13.0. The highest BCUT2D eigenvalue weighted by atomic mass is 32.2. The van der Waals surface area contributed by atoms with Crippen molar-refractivity contribution in [2.75, 3.05) is 12.3 Å². The minimum absolute atomic E-state index is 0.0775. The summed E-state index contributed by atoms with van der Waals surface area (Å²) in [7, 11) is -3.75. The van der Waals surface area contributed by atoms with Crippen LogP contribution >= 0.6 is 0 Å². The number of hydrogen-bond acceptors (Lipinski definition) is 5. The number of fused-ring (bicyclic) bond motifs is 2. The smallest absolute Gasteiger partial charge is 0.211 e. The van der Waals surface area contributed by atoms with E-state index in [0.29, 0.717) is 0 Å². The summed E-state index contributed by atoms with van der Waals surface area (Å²) in [6, 6.07) is 3.43. The number of rotatable bonds is 0. The molecule has 0 amide bonds. The molecule has 1 N–H and O–H groups in total. The number of carbonyl (C=O) groups is 2. The number of ketones is 2. The molecule has 0 radical (unpaired) electrons. The zero-order valence-corrected chi connectivity index (χ0v) is 15.9. The molecule has 134 valence electrons. The standard InChI is InChI=1S/C20H19NO4S/c1-9-10(2)12(4)14-8-16-15(7-13(14)11(9)3)18(22)17-20(19(16)23)26(24,25)6-5-21-17/h7-8,21H,5-6H2,1-4H3. The van der Waals surface area contributed by atoms with Crippen LogP contribution in [0.15, 0.2) is 22.7 Å². The van der Waals surface area contributed by atoms with Crippen molar-refractivity contribution in [1.82, 2.24) is 5.32 Å². The number of carbonyl (C=O) groups excluding carboxylic acids is 2. The van der Waals surface area contributed by atoms with Crippen LogP contribution < -0.4 is 5.32 Å². The van der Waals surface area contributed by atoms with Gasteiger partial charge in [0.25, 0.3) is 0 Å². The van der Waals surface area contributed by atoms with Gasteiger partial charge >= 0.3 is 0 Å². The Balaban J connectivity index is 2.10. The number of hydrogen-bond donors (Lipinski definition) is 1. The molecule has 1 aliphatic heterocycles. The molecule has 6 heteroatoms. The molecule has 2 aromatic rings. The molecule has 0 aromatic heterocycles. The molecule has 26 heavy (non-hydrogen) atoms. The van der Waals surface area contributed by atoms with Gasteiger partial charge in [-0.2, -0.15) is 0 Å². The molecule has 0 bridgehead atoms. The second kappa shape index (κ2) is 5.27. The average molecular weight is 369 g/mol. The van der Waals surface area contributed by atoms with Crippen LogP contribution in [-0.2, 0) is 9.84 Å². The van der Waals surface area contributed by atoms with Crippen LogP contribution in [-0.4, -0.2) is 32.3 Å². The molecule has 0 saturated heterocycles. The van der Waals surface area contributed by atoms with E-state index in [1.165, 1.54) is 0 Å². The molecule has 0 atom stereocenters. The molecule has 0 unspecified atom stereocenters. The number of benzene rings is 2. The van der Waals surface area contributed by atoms with Crippen molar-refractivity contribution in [2.24, 2.45) is 0 Å². The topological polar surface area (TPSA) is 80.3 Å². The summed E-state index contributed by atoms with van der Waals surface area (Å²) in [5, 5.41) is 4.63. The second-order valence-corrected chi connectivity index (χ2v) is 9.10. The largest absolute Gasteiger partial charge is 0.380 e. The van der Waals surface area contributed by atoms with Crippen LogP contribution in [0.3, 0.4) is 0 Å². The lowest BCUT2D eigenvalue weighted by Crippen LogP contribution is -2.40. The van der Waals surface area contributed by atoms with Gasteiger partial charge in [0.2, 0.25) is 11.6 Å². The molecule has 1 aliphatic carbocycles. The fraction of sp³-hybridized carbons (Fsp3) is 0.300. The summed E-state index contributed by atoms with van der Waals surface area (Å²) in [4.78, 5) is 25.5. The summed E-state index contributed by atoms with van der Waals surface area (Å²) in [6.07, 6.45) is 0. The molecule has 0 saturated carbocycles. The molecular formula is C20H19NO4S. The molecule has 2 aliphatic rings. The van der Waals surface area contributed by atoms with Crippen molar-refractivity contribution in [3.63, 3.8) is 0 Å². The molecule has 4 rings (SSSR count). The van der Waals surface area contributed by atoms with Gasteiger partial charge in [0, 0.05) is 17.7 Å². The normalized spacial score (nSPS) is 18.6. The fourth-order valence-corrected chi connectivity index (χ4v) is 5.35. The van der Waals surface area contributed by atoms with E-state index in [9.17, 15) is 18.0 Å². The highest BCUT2D eigenvalue weighted by Gasteiger charge is 2.41. The van der Waals surface area contributed by atoms with Crippen molar-refractivity contribution in [1.29, 1.82) is 0 Å². The minimum Gasteiger partial charge on any atom is -0.380 e. The van der Waals surface area contributed by atoms with Gasteiger partial charge in [-0.15, -0.1) is 0 Å². The van der Waals surface area contributed by atoms with Gasteiger partial charge in [0.15, 0.2) is 9.84 Å². The Kier molecular flexibility index (Phi) is 3.44. The van der Waals surface area contributed by atoms with Gasteiger partial charge in [-0.3, -0.25) is 9.59 Å². The van der Waals surface area contributed by atoms with E-state index in [2.05, 4.69) is 5.32 Å². The Morgan fingerprint density at radius 2 is 1.31 bits per heavy atom. The molecule has 0 spiro atoms. The van der Waals surface area contributed by atoms with Crippen molar-refractivity contribution in [2.45, 2.75) is 27.7 Å². The van der Waals surface area contributed by atoms with Crippen molar-refractivity contribution in [3.05, 3.63) is 56.1 Å². The van der Waals surface area contributed by atoms with Crippen LogP contribution in [0.25, 0.3) is 10.8 Å². The SMILES string of the molecule is Cc1c(C)c(C)c2cc3c(cc2c1C)C(=O)C1=C(C3=O)S(=O)(=O)CCN1. The number of allylic oxidation sites excluding steroid dienone is 2. The maximum Gasteiger partial charge on any atom is 0.211 e. The van der Waals surface area contributed by atoms with Gasteiger partial charge in [-0.05, 0) is 72.9 Å². The van der Waals surface area contributed by atoms with Crippen LogP contribution in [0, 0.1) is 27.7 Å². The lowest BCUT2D eigenvalue weighted by Gasteiger charge is -2.26. The van der Waals surface area contributed by atoms with Gasteiger partial charge in [0.1, 0.15) is 10.6 Å². The van der Waals surface area contributed by atoms with E-state index in [1.807, 2.05) is 27.7 Å². The van der Waals surface area contributed by atoms with Crippen LogP contribution in [0.5, 0.6) is 0 Å². The third-order valence-electron chi connectivity index (χ3n) is 5.79. The Hall–Kier alpha value is -2.47. The molecule has 0 fully saturated rings. The first-order valence-corrected chi connectivity index (χ1v) is 10.1. The molecule has 1 heterocycles. The lowest BCUT2D eigenvalue weighted by atomic mass is 9.85. The monoisotopic (exact) mass is 369 g/mol. The van der Waals surface area contributed by atoms with Gasteiger partial charge in [-0.25, -0.2) is 8.42 Å². The van der Waals surface area contributed by atoms with Gasteiger partial charge in [0.05, 0.1) is 5.75 Å². The van der Waals surface area contributed by atoms with E-state index in [4.69, 9.17) is 0 Å². The zero-order chi connectivity index (χ0) is 19.0. The summed E-state index contributed by atoms with van der Waals surface area (Å²) in [5.41, 5.74) is 4.77. The number of Topliss-reactive ketones (excluding diaryl/α,β-unsaturated/α-hetero) is 2. The third-order valence-corrected chi connectivity index (χ3v) is 7.54. The Labute approximate surface area is 152 Å². The second-order valence-electron chi connectivity index (χ2n) is 7.05. The van der Waals surface area contributed by atoms with E-state index in [1.54, 1.807) is 12.1 Å². The Bertz CT molecular complexity index is 1190. The Morgan fingerprint density at radius 3 is 1.85 bits per heavy atom. The fourth-order valence-electron chi connectivity index (χ4n) is 3.91. The van der Waals surface area contributed by atoms with Gasteiger partial charge < -0.3 is 5.32 Å². The minimum atomic E-state index is -3.75. The van der Waals surface area contributed by atoms with E-state index in [-0.39, 0.29) is 34.0 Å². The zero-order valence-electron chi connectivity index (χ0n) is 15.1. The van der Waals surface area contributed by atoms with Crippen molar-refractivity contribution in [3.8, 4) is 0 Å². The summed E-state index contributed by atoms with van der Waals surface area (Å²) in [6.45, 7) is 8.19. The van der Waals surface area contributed by atoms with E-state index in [0.717, 1.165) is 33.0 Å². The first kappa shape index (κ1) is 17.0. The number of nitrogens with one attached hydrogen (secondary N) is 1. The van der Waals surface area contributed by atoms with Crippen LogP contribution in [0.2, 0.25) is 0 Å². The third kappa shape index (κ3) is 2.05. The molecule has 5 nitrogen and oxygen atoms in total. The highest BCUT2D eigenvalue weighted by molar-refractivity contribution is 7.96. The quantitative estimate of drug-likeness (QED) is 0.772. The number of aryl methyl sites for hydroxylation is 2. The molecular weight excluding hydrogens is 350 g/mol. The highest BCUT2D eigenvalue weighted by Crippen LogP contribution is 2.36. The summed E-state index contributed by atoms with van der Waals surface area (Å²) >= 11 is 0. The Morgan fingerprint density at radius 1 is 0.808 bits per heavy atom. The maximum absolute atomic E-state index is 13.0. The predicted octanol–water partition coefficient (Wildman–Crippen LogP) is 2.68. The lowest BCUT2D eigenvalue weighted by molar-refractivity contribution is 0.0974.